The Morgan fingerprint density at radius 3 is 2.50 bits per heavy atom. The Kier molecular flexibility index (Phi) is 8.21. The summed E-state index contributed by atoms with van der Waals surface area (Å²) in [6.07, 6.45) is -1.16. The maximum atomic E-state index is 11.6. The average Bonchev–Trinajstić information content (AvgIpc) is 2.65. The van der Waals surface area contributed by atoms with E-state index in [1.54, 1.807) is 0 Å². The van der Waals surface area contributed by atoms with Crippen LogP contribution < -0.4 is 0 Å². The standard InChI is InChI=1S/C21H34O6Si/c1-21(2,3)28(5,6)26-15-18-17(24-13-16-10-8-7-9-11-16)14-25-20(27-18)12-19(22)23-4/h7-11,17-18,20H,12-15H2,1-6H3/t17-,18-,20?/m0/s1. The highest BCUT2D eigenvalue weighted by Gasteiger charge is 2.40. The van der Waals surface area contributed by atoms with Crippen molar-refractivity contribution in [1.82, 2.24) is 0 Å². The molecule has 0 bridgehead atoms. The number of esters is 1. The van der Waals surface area contributed by atoms with Crippen LogP contribution in [0.4, 0.5) is 0 Å². The molecule has 1 aromatic rings. The van der Waals surface area contributed by atoms with Crippen molar-refractivity contribution in [1.29, 1.82) is 0 Å². The Morgan fingerprint density at radius 2 is 1.89 bits per heavy atom. The van der Waals surface area contributed by atoms with Gasteiger partial charge in [0.05, 0.1) is 33.4 Å². The van der Waals surface area contributed by atoms with Gasteiger partial charge in [-0.25, -0.2) is 0 Å². The minimum absolute atomic E-state index is 0.0541. The summed E-state index contributed by atoms with van der Waals surface area (Å²) >= 11 is 0. The second kappa shape index (κ2) is 9.98. The molecule has 1 unspecified atom stereocenters. The van der Waals surface area contributed by atoms with Gasteiger partial charge in [0.1, 0.15) is 12.2 Å². The summed E-state index contributed by atoms with van der Waals surface area (Å²) in [6.45, 7) is 12.2. The fourth-order valence-corrected chi connectivity index (χ4v) is 3.56. The Bertz CT molecular complexity index is 613. The second-order valence-corrected chi connectivity index (χ2v) is 13.4. The number of methoxy groups -OCH3 is 1. The summed E-state index contributed by atoms with van der Waals surface area (Å²) in [5, 5.41) is 0.101. The minimum atomic E-state index is -1.93. The summed E-state index contributed by atoms with van der Waals surface area (Å²) in [7, 11) is -0.578. The van der Waals surface area contributed by atoms with Crippen molar-refractivity contribution >= 4 is 14.3 Å². The average molecular weight is 411 g/mol. The molecule has 0 saturated carbocycles. The molecule has 0 spiro atoms. The largest absolute Gasteiger partial charge is 0.469 e. The fourth-order valence-electron chi connectivity index (χ4n) is 2.54. The molecule has 158 valence electrons. The van der Waals surface area contributed by atoms with Crippen LogP contribution in [0.3, 0.4) is 0 Å². The van der Waals surface area contributed by atoms with E-state index in [2.05, 4.69) is 33.9 Å². The van der Waals surface area contributed by atoms with Gasteiger partial charge >= 0.3 is 5.97 Å². The smallest absolute Gasteiger partial charge is 0.310 e. The van der Waals surface area contributed by atoms with E-state index in [1.807, 2.05) is 30.3 Å². The minimum Gasteiger partial charge on any atom is -0.469 e. The Balaban J connectivity index is 2.01. The molecule has 1 aliphatic heterocycles. The van der Waals surface area contributed by atoms with Gasteiger partial charge in [-0.15, -0.1) is 0 Å². The molecule has 3 atom stereocenters. The normalized spacial score (nSPS) is 23.4. The van der Waals surface area contributed by atoms with Crippen LogP contribution in [0.5, 0.6) is 0 Å². The van der Waals surface area contributed by atoms with Gasteiger partial charge in [-0.2, -0.15) is 0 Å². The lowest BCUT2D eigenvalue weighted by molar-refractivity contribution is -0.269. The lowest BCUT2D eigenvalue weighted by Crippen LogP contribution is -2.51. The van der Waals surface area contributed by atoms with Crippen LogP contribution in [0, 0.1) is 0 Å². The third kappa shape index (κ3) is 6.67. The monoisotopic (exact) mass is 410 g/mol. The van der Waals surface area contributed by atoms with E-state index < -0.39 is 14.6 Å². The molecule has 0 aliphatic carbocycles. The summed E-state index contributed by atoms with van der Waals surface area (Å²) in [5.74, 6) is -0.363. The first kappa shape index (κ1) is 23.0. The summed E-state index contributed by atoms with van der Waals surface area (Å²) in [5.41, 5.74) is 1.09. The molecule has 0 N–H and O–H groups in total. The molecule has 1 aromatic carbocycles. The molecule has 0 radical (unpaired) electrons. The van der Waals surface area contributed by atoms with Gasteiger partial charge in [-0.3, -0.25) is 4.79 Å². The van der Waals surface area contributed by atoms with Crippen molar-refractivity contribution in [2.75, 3.05) is 20.3 Å². The van der Waals surface area contributed by atoms with Crippen LogP contribution >= 0.6 is 0 Å². The molecule has 28 heavy (non-hydrogen) atoms. The van der Waals surface area contributed by atoms with Gasteiger partial charge in [0.15, 0.2) is 14.6 Å². The topological polar surface area (TPSA) is 63.2 Å². The molecule has 2 rings (SSSR count). The highest BCUT2D eigenvalue weighted by molar-refractivity contribution is 6.74. The fraction of sp³-hybridized carbons (Fsp3) is 0.667. The highest BCUT2D eigenvalue weighted by Crippen LogP contribution is 2.37. The first-order valence-electron chi connectivity index (χ1n) is 9.76. The first-order valence-corrected chi connectivity index (χ1v) is 12.7. The Labute approximate surface area is 169 Å². The van der Waals surface area contributed by atoms with E-state index in [0.717, 1.165) is 5.56 Å². The van der Waals surface area contributed by atoms with E-state index in [9.17, 15) is 4.79 Å². The molecule has 7 heteroatoms. The Hall–Kier alpha value is -1.25. The van der Waals surface area contributed by atoms with Crippen molar-refractivity contribution in [3.8, 4) is 0 Å². The highest BCUT2D eigenvalue weighted by atomic mass is 28.4. The van der Waals surface area contributed by atoms with Gasteiger partial charge in [0, 0.05) is 0 Å². The summed E-state index contributed by atoms with van der Waals surface area (Å²) in [4.78, 5) is 11.6. The number of carbonyl (C=O) groups is 1. The number of ether oxygens (including phenoxy) is 4. The zero-order valence-electron chi connectivity index (χ0n) is 17.9. The van der Waals surface area contributed by atoms with E-state index in [-0.39, 0.29) is 29.6 Å². The van der Waals surface area contributed by atoms with Crippen molar-refractivity contribution in [2.45, 2.75) is 70.4 Å². The Morgan fingerprint density at radius 1 is 1.21 bits per heavy atom. The maximum Gasteiger partial charge on any atom is 0.310 e. The number of rotatable bonds is 8. The lowest BCUT2D eigenvalue weighted by atomic mass is 10.2. The number of hydrogen-bond donors (Lipinski definition) is 0. The van der Waals surface area contributed by atoms with Crippen molar-refractivity contribution in [3.63, 3.8) is 0 Å². The maximum absolute atomic E-state index is 11.6. The van der Waals surface area contributed by atoms with Crippen molar-refractivity contribution in [2.24, 2.45) is 0 Å². The van der Waals surface area contributed by atoms with Crippen LogP contribution in [0.15, 0.2) is 30.3 Å². The van der Waals surface area contributed by atoms with Crippen LogP contribution in [-0.2, 0) is 34.8 Å². The second-order valence-electron chi connectivity index (χ2n) is 8.62. The SMILES string of the molecule is COC(=O)CC1OC[C@H](OCc2ccccc2)[C@H](CO[Si](C)(C)C(C)(C)C)O1. The summed E-state index contributed by atoms with van der Waals surface area (Å²) in [6, 6.07) is 9.98. The first-order chi connectivity index (χ1) is 13.1. The van der Waals surface area contributed by atoms with E-state index >= 15 is 0 Å². The lowest BCUT2D eigenvalue weighted by Gasteiger charge is -2.40. The molecular weight excluding hydrogens is 376 g/mol. The molecule has 1 saturated heterocycles. The van der Waals surface area contributed by atoms with Gasteiger partial charge < -0.3 is 23.4 Å². The number of benzene rings is 1. The van der Waals surface area contributed by atoms with Crippen LogP contribution in [0.1, 0.15) is 32.8 Å². The van der Waals surface area contributed by atoms with Gasteiger partial charge in [-0.05, 0) is 23.7 Å². The number of carbonyl (C=O) groups excluding carboxylic acids is 1. The predicted molar refractivity (Wildman–Crippen MR) is 109 cm³/mol. The van der Waals surface area contributed by atoms with E-state index in [0.29, 0.717) is 19.8 Å². The molecule has 0 aromatic heterocycles. The third-order valence-corrected chi connectivity index (χ3v) is 9.97. The zero-order valence-corrected chi connectivity index (χ0v) is 18.9. The molecule has 6 nitrogen and oxygen atoms in total. The predicted octanol–water partition coefficient (Wildman–Crippen LogP) is 3.90. The third-order valence-electron chi connectivity index (χ3n) is 5.47. The summed E-state index contributed by atoms with van der Waals surface area (Å²) < 4.78 is 28.9. The van der Waals surface area contributed by atoms with Crippen LogP contribution in [0.25, 0.3) is 0 Å². The van der Waals surface area contributed by atoms with Crippen molar-refractivity contribution < 1.29 is 28.2 Å². The van der Waals surface area contributed by atoms with E-state index in [4.69, 9.17) is 23.4 Å². The van der Waals surface area contributed by atoms with Gasteiger partial charge in [-0.1, -0.05) is 51.1 Å². The van der Waals surface area contributed by atoms with Crippen LogP contribution in [0.2, 0.25) is 18.1 Å². The molecule has 1 fully saturated rings. The van der Waals surface area contributed by atoms with Gasteiger partial charge in [0.2, 0.25) is 0 Å². The number of hydrogen-bond acceptors (Lipinski definition) is 6. The van der Waals surface area contributed by atoms with Crippen molar-refractivity contribution in [3.05, 3.63) is 35.9 Å². The molecule has 0 amide bonds. The van der Waals surface area contributed by atoms with Crippen LogP contribution in [-0.4, -0.2) is 53.1 Å². The molecule has 1 heterocycles. The van der Waals surface area contributed by atoms with E-state index in [1.165, 1.54) is 7.11 Å². The van der Waals surface area contributed by atoms with Gasteiger partial charge in [0.25, 0.3) is 0 Å². The quantitative estimate of drug-likeness (QED) is 0.478. The molecule has 1 aliphatic rings. The zero-order chi connectivity index (χ0) is 20.8. The molecular formula is C21H34O6Si.